The van der Waals surface area contributed by atoms with Gasteiger partial charge in [0.05, 0.1) is 15.8 Å². The number of nitrogens with zero attached hydrogens (tertiary/aromatic N) is 2. The van der Waals surface area contributed by atoms with Crippen LogP contribution in [-0.2, 0) is 0 Å². The van der Waals surface area contributed by atoms with Crippen molar-refractivity contribution >= 4 is 38.6 Å². The summed E-state index contributed by atoms with van der Waals surface area (Å²) in [6.07, 6.45) is 1.31. The molecule has 0 unspecified atom stereocenters. The van der Waals surface area contributed by atoms with Crippen LogP contribution in [0.25, 0.3) is 10.2 Å². The minimum atomic E-state index is -1.04. The molecule has 2 heterocycles. The van der Waals surface area contributed by atoms with Gasteiger partial charge in [0.1, 0.15) is 0 Å². The van der Waals surface area contributed by atoms with Gasteiger partial charge < -0.3 is 5.11 Å². The molecule has 2 aromatic heterocycles. The van der Waals surface area contributed by atoms with E-state index in [4.69, 9.17) is 5.11 Å². The molecule has 6 nitrogen and oxygen atoms in total. The summed E-state index contributed by atoms with van der Waals surface area (Å²) in [6, 6.07) is 6.96. The van der Waals surface area contributed by atoms with Crippen LogP contribution in [0.1, 0.15) is 20.8 Å². The fourth-order valence-electron chi connectivity index (χ4n) is 1.82. The third-order valence-electron chi connectivity index (χ3n) is 2.83. The number of aromatic carboxylic acids is 1. The Balaban J connectivity index is 1.89. The first-order valence-corrected chi connectivity index (χ1v) is 6.92. The predicted octanol–water partition coefficient (Wildman–Crippen LogP) is 2.78. The van der Waals surface area contributed by atoms with E-state index in [9.17, 15) is 14.0 Å². The van der Waals surface area contributed by atoms with Gasteiger partial charge in [0.15, 0.2) is 16.6 Å². The average molecular weight is 317 g/mol. The van der Waals surface area contributed by atoms with Crippen LogP contribution < -0.4 is 5.32 Å². The van der Waals surface area contributed by atoms with Crippen LogP contribution in [0.3, 0.4) is 0 Å². The Kier molecular flexibility index (Phi) is 3.51. The topological polar surface area (TPSA) is 92.2 Å². The molecule has 2 N–H and O–H groups in total. The van der Waals surface area contributed by atoms with Crippen molar-refractivity contribution < 1.29 is 19.1 Å². The molecule has 0 saturated carbocycles. The average Bonchev–Trinajstić information content (AvgIpc) is 2.88. The highest BCUT2D eigenvalue weighted by atomic mass is 32.1. The normalized spacial score (nSPS) is 10.6. The van der Waals surface area contributed by atoms with E-state index in [1.54, 1.807) is 6.07 Å². The summed E-state index contributed by atoms with van der Waals surface area (Å²) in [6.45, 7) is 0. The molecule has 0 atom stereocenters. The molecule has 0 aliphatic carbocycles. The molecule has 0 aliphatic heterocycles. The predicted molar refractivity (Wildman–Crippen MR) is 78.7 cm³/mol. The van der Waals surface area contributed by atoms with E-state index < -0.39 is 17.7 Å². The van der Waals surface area contributed by atoms with Crippen molar-refractivity contribution in [1.82, 2.24) is 9.97 Å². The van der Waals surface area contributed by atoms with Crippen LogP contribution in [0.2, 0.25) is 0 Å². The van der Waals surface area contributed by atoms with Crippen molar-refractivity contribution in [2.75, 3.05) is 5.32 Å². The molecule has 1 aromatic carbocycles. The van der Waals surface area contributed by atoms with E-state index in [-0.39, 0.29) is 16.4 Å². The quantitative estimate of drug-likeness (QED) is 0.775. The number of aromatic nitrogens is 2. The number of hydrogen-bond donors (Lipinski definition) is 2. The first-order valence-electron chi connectivity index (χ1n) is 6.10. The number of amides is 1. The third-order valence-corrected chi connectivity index (χ3v) is 3.76. The van der Waals surface area contributed by atoms with E-state index in [0.717, 1.165) is 17.4 Å². The largest absolute Gasteiger partial charge is 0.478 e. The van der Waals surface area contributed by atoms with Gasteiger partial charge in [0.2, 0.25) is 0 Å². The lowest BCUT2D eigenvalue weighted by molar-refractivity contribution is 0.0697. The molecule has 22 heavy (non-hydrogen) atoms. The molecule has 0 aliphatic rings. The summed E-state index contributed by atoms with van der Waals surface area (Å²) >= 11 is 1.10. The fraction of sp³-hybridized carbons (Fsp3) is 0. The summed E-state index contributed by atoms with van der Waals surface area (Å²) in [5.41, 5.74) is 0.351. The second-order valence-corrected chi connectivity index (χ2v) is 5.33. The number of carbonyl (C=O) groups is 2. The molecule has 0 saturated heterocycles. The molecule has 8 heteroatoms. The van der Waals surface area contributed by atoms with Crippen molar-refractivity contribution in [3.05, 3.63) is 53.6 Å². The summed E-state index contributed by atoms with van der Waals surface area (Å²) in [5.74, 6) is -2.48. The number of pyridine rings is 1. The number of hydrogen-bond acceptors (Lipinski definition) is 5. The van der Waals surface area contributed by atoms with E-state index in [1.807, 2.05) is 0 Å². The summed E-state index contributed by atoms with van der Waals surface area (Å²) in [5, 5.41) is 11.6. The van der Waals surface area contributed by atoms with Crippen molar-refractivity contribution in [3.8, 4) is 0 Å². The lowest BCUT2D eigenvalue weighted by Gasteiger charge is -2.00. The molecule has 3 rings (SSSR count). The highest BCUT2D eigenvalue weighted by molar-refractivity contribution is 7.22. The summed E-state index contributed by atoms with van der Waals surface area (Å²) in [4.78, 5) is 30.7. The molecular weight excluding hydrogens is 309 g/mol. The van der Waals surface area contributed by atoms with E-state index in [0.29, 0.717) is 10.2 Å². The second-order valence-electron chi connectivity index (χ2n) is 4.29. The number of carboxylic acid groups (broad SMARTS) is 1. The highest BCUT2D eigenvalue weighted by Crippen LogP contribution is 2.27. The van der Waals surface area contributed by atoms with Gasteiger partial charge in [-0.1, -0.05) is 11.3 Å². The zero-order valence-electron chi connectivity index (χ0n) is 10.9. The summed E-state index contributed by atoms with van der Waals surface area (Å²) < 4.78 is 14.1. The fourth-order valence-corrected chi connectivity index (χ4v) is 2.72. The lowest BCUT2D eigenvalue weighted by atomic mass is 10.2. The smallest absolute Gasteiger partial charge is 0.335 e. The zero-order valence-corrected chi connectivity index (χ0v) is 11.7. The maximum absolute atomic E-state index is 13.5. The monoisotopic (exact) mass is 317 g/mol. The van der Waals surface area contributed by atoms with Crippen LogP contribution in [0, 0.1) is 5.82 Å². The van der Waals surface area contributed by atoms with Gasteiger partial charge in [-0.15, -0.1) is 0 Å². The van der Waals surface area contributed by atoms with Gasteiger partial charge in [-0.3, -0.25) is 10.1 Å². The van der Waals surface area contributed by atoms with Crippen molar-refractivity contribution in [2.24, 2.45) is 0 Å². The molecule has 0 fully saturated rings. The molecular formula is C14H8FN3O3S. The van der Waals surface area contributed by atoms with Crippen LogP contribution in [-0.4, -0.2) is 27.0 Å². The first kappa shape index (κ1) is 14.1. The van der Waals surface area contributed by atoms with Gasteiger partial charge in [-0.25, -0.2) is 19.2 Å². The van der Waals surface area contributed by atoms with Gasteiger partial charge in [0, 0.05) is 6.20 Å². The minimum Gasteiger partial charge on any atom is -0.478 e. The van der Waals surface area contributed by atoms with Crippen LogP contribution >= 0.6 is 11.3 Å². The van der Waals surface area contributed by atoms with Gasteiger partial charge >= 0.3 is 5.97 Å². The zero-order chi connectivity index (χ0) is 15.7. The van der Waals surface area contributed by atoms with Gasteiger partial charge in [-0.2, -0.15) is 0 Å². The lowest BCUT2D eigenvalue weighted by Crippen LogP contribution is -2.15. The number of nitrogens with one attached hydrogen (secondary N) is 1. The number of thiazole rings is 1. The van der Waals surface area contributed by atoms with Crippen molar-refractivity contribution in [2.45, 2.75) is 0 Å². The Morgan fingerprint density at radius 3 is 2.82 bits per heavy atom. The Morgan fingerprint density at radius 1 is 1.27 bits per heavy atom. The van der Waals surface area contributed by atoms with E-state index >= 15 is 0 Å². The molecule has 0 bridgehead atoms. The minimum absolute atomic E-state index is 0.129. The number of carboxylic acids is 1. The van der Waals surface area contributed by atoms with E-state index in [1.165, 1.54) is 24.4 Å². The SMILES string of the molecule is O=C(O)c1ccc2nc(NC(=O)c3ncccc3F)sc2c1. The second kappa shape index (κ2) is 5.49. The Labute approximate surface area is 127 Å². The van der Waals surface area contributed by atoms with Crippen LogP contribution in [0.15, 0.2) is 36.5 Å². The Morgan fingerprint density at radius 2 is 2.09 bits per heavy atom. The van der Waals surface area contributed by atoms with Gasteiger partial charge in [-0.05, 0) is 30.3 Å². The summed E-state index contributed by atoms with van der Waals surface area (Å²) in [7, 11) is 0. The number of anilines is 1. The van der Waals surface area contributed by atoms with Gasteiger partial charge in [0.25, 0.3) is 5.91 Å². The molecule has 1 amide bonds. The van der Waals surface area contributed by atoms with Crippen LogP contribution in [0.5, 0.6) is 0 Å². The first-order chi connectivity index (χ1) is 10.5. The van der Waals surface area contributed by atoms with Crippen molar-refractivity contribution in [1.29, 1.82) is 0 Å². The van der Waals surface area contributed by atoms with E-state index in [2.05, 4.69) is 15.3 Å². The molecule has 0 spiro atoms. The van der Waals surface area contributed by atoms with Crippen LogP contribution in [0.4, 0.5) is 9.52 Å². The molecule has 0 radical (unpaired) electrons. The highest BCUT2D eigenvalue weighted by Gasteiger charge is 2.15. The Hall–Kier alpha value is -2.87. The number of carbonyl (C=O) groups excluding carboxylic acids is 1. The molecule has 3 aromatic rings. The van der Waals surface area contributed by atoms with Crippen molar-refractivity contribution in [3.63, 3.8) is 0 Å². The number of fused-ring (bicyclic) bond motifs is 1. The standard InChI is InChI=1S/C14H8FN3O3S/c15-8-2-1-5-16-11(8)12(19)18-14-17-9-4-3-7(13(20)21)6-10(9)22-14/h1-6H,(H,20,21)(H,17,18,19). The number of benzene rings is 1. The number of halogens is 1. The molecule has 110 valence electrons. The third kappa shape index (κ3) is 2.63. The maximum Gasteiger partial charge on any atom is 0.335 e. The number of rotatable bonds is 3. The maximum atomic E-state index is 13.5. The Bertz CT molecular complexity index is 894.